The lowest BCUT2D eigenvalue weighted by molar-refractivity contribution is 0.578. The van der Waals surface area contributed by atoms with Crippen LogP contribution < -0.4 is 10.2 Å². The number of imidazole rings is 1. The monoisotopic (exact) mass is 365 g/mol. The first-order chi connectivity index (χ1) is 12.8. The molecule has 1 unspecified atom stereocenters. The third-order valence-electron chi connectivity index (χ3n) is 5.35. The molecule has 0 saturated carbocycles. The van der Waals surface area contributed by atoms with Gasteiger partial charge in [-0.25, -0.2) is 4.98 Å². The van der Waals surface area contributed by atoms with Crippen LogP contribution in [0.1, 0.15) is 16.7 Å². The number of rotatable bonds is 1. The molecule has 3 aromatic rings. The summed E-state index contributed by atoms with van der Waals surface area (Å²) < 4.78 is 14.5. The predicted molar refractivity (Wildman–Crippen MR) is 103 cm³/mol. The number of hydrogen-bond donors (Lipinski definition) is 1. The Hall–Kier alpha value is -2.27. The van der Waals surface area contributed by atoms with Gasteiger partial charge < -0.3 is 14.8 Å². The average Bonchev–Trinajstić information content (AvgIpc) is 3.05. The Labute approximate surface area is 154 Å². The Morgan fingerprint density at radius 1 is 1.19 bits per heavy atom. The van der Waals surface area contributed by atoms with Crippen LogP contribution >= 0.6 is 0 Å². The van der Waals surface area contributed by atoms with Crippen LogP contribution in [0, 0.1) is 11.3 Å². The molecule has 0 radical (unpaired) electrons. The molecule has 4 heterocycles. The van der Waals surface area contributed by atoms with E-state index in [0.29, 0.717) is 23.5 Å². The van der Waals surface area contributed by atoms with Crippen molar-refractivity contribution in [1.82, 2.24) is 14.7 Å². The van der Waals surface area contributed by atoms with Crippen molar-refractivity contribution in [2.75, 3.05) is 36.8 Å². The highest BCUT2D eigenvalue weighted by Gasteiger charge is 2.32. The summed E-state index contributed by atoms with van der Waals surface area (Å²) in [6.07, 6.45) is 0.684. The van der Waals surface area contributed by atoms with Crippen LogP contribution in [0.5, 0.6) is 0 Å². The number of nitriles is 1. The van der Waals surface area contributed by atoms with Crippen LogP contribution in [0.3, 0.4) is 0 Å². The molecule has 5 rings (SSSR count). The van der Waals surface area contributed by atoms with Gasteiger partial charge in [-0.3, -0.25) is 4.40 Å². The molecule has 2 aromatic heterocycles. The highest BCUT2D eigenvalue weighted by molar-refractivity contribution is 7.90. The molecule has 7 heteroatoms. The first kappa shape index (κ1) is 15.9. The van der Waals surface area contributed by atoms with Gasteiger partial charge in [0, 0.05) is 38.2 Å². The third kappa shape index (κ3) is 2.30. The van der Waals surface area contributed by atoms with E-state index >= 15 is 0 Å². The molecular formula is C19H19N5OS. The van der Waals surface area contributed by atoms with Crippen LogP contribution in [-0.2, 0) is 23.3 Å². The molecule has 26 heavy (non-hydrogen) atoms. The SMILES string of the molecule is N#Cc1c2c(c(N3CCNCC3)n3c1nc1ccccc13)C[S+]([O-])CC2. The minimum atomic E-state index is -0.876. The van der Waals surface area contributed by atoms with E-state index in [1.165, 1.54) is 0 Å². The van der Waals surface area contributed by atoms with E-state index < -0.39 is 11.2 Å². The molecule has 0 aliphatic carbocycles. The highest BCUT2D eigenvalue weighted by Crippen LogP contribution is 2.37. The van der Waals surface area contributed by atoms with Gasteiger partial charge in [-0.05, 0) is 28.9 Å². The van der Waals surface area contributed by atoms with Crippen LogP contribution in [0.4, 0.5) is 5.82 Å². The molecule has 0 amide bonds. The van der Waals surface area contributed by atoms with Crippen molar-refractivity contribution < 1.29 is 4.55 Å². The lowest BCUT2D eigenvalue weighted by Crippen LogP contribution is -2.45. The van der Waals surface area contributed by atoms with Gasteiger partial charge in [0.05, 0.1) is 16.6 Å². The van der Waals surface area contributed by atoms with Gasteiger partial charge in [0.15, 0.2) is 5.65 Å². The lowest BCUT2D eigenvalue weighted by Gasteiger charge is -2.34. The van der Waals surface area contributed by atoms with E-state index in [-0.39, 0.29) is 0 Å². The molecule has 6 nitrogen and oxygen atoms in total. The Bertz CT molecular complexity index is 1050. The van der Waals surface area contributed by atoms with Crippen LogP contribution in [0.25, 0.3) is 16.7 Å². The number of fused-ring (bicyclic) bond motifs is 4. The fourth-order valence-electron chi connectivity index (χ4n) is 4.17. The predicted octanol–water partition coefficient (Wildman–Crippen LogP) is 1.57. The molecule has 1 atom stereocenters. The molecular weight excluding hydrogens is 346 g/mol. The minimum Gasteiger partial charge on any atom is -0.616 e. The molecule has 132 valence electrons. The zero-order valence-corrected chi connectivity index (χ0v) is 15.2. The standard InChI is InChI=1S/C19H19N5OS/c20-11-14-13-5-10-26(25)12-15(13)19(23-8-6-21-7-9-23)24-17-4-2-1-3-16(17)22-18(14)24/h1-4,21H,5-10,12H2. The van der Waals surface area contributed by atoms with Crippen molar-refractivity contribution >= 4 is 33.7 Å². The number of benzene rings is 1. The zero-order valence-electron chi connectivity index (χ0n) is 14.4. The van der Waals surface area contributed by atoms with E-state index in [1.807, 2.05) is 24.3 Å². The number of aromatic nitrogens is 2. The second-order valence-corrected chi connectivity index (χ2v) is 8.38. The average molecular weight is 365 g/mol. The number of anilines is 1. The van der Waals surface area contributed by atoms with E-state index in [1.54, 1.807) is 0 Å². The van der Waals surface area contributed by atoms with Crippen molar-refractivity contribution in [1.29, 1.82) is 5.26 Å². The summed E-state index contributed by atoms with van der Waals surface area (Å²) in [6, 6.07) is 10.4. The van der Waals surface area contributed by atoms with E-state index in [9.17, 15) is 9.81 Å². The van der Waals surface area contributed by atoms with E-state index in [2.05, 4.69) is 20.7 Å². The van der Waals surface area contributed by atoms with Crippen molar-refractivity contribution in [2.45, 2.75) is 12.2 Å². The molecule has 1 fully saturated rings. The fraction of sp³-hybridized carbons (Fsp3) is 0.368. The van der Waals surface area contributed by atoms with Crippen molar-refractivity contribution in [3.63, 3.8) is 0 Å². The minimum absolute atomic E-state index is 0.520. The molecule has 2 aliphatic heterocycles. The second kappa shape index (κ2) is 6.16. The second-order valence-electron chi connectivity index (χ2n) is 6.80. The summed E-state index contributed by atoms with van der Waals surface area (Å²) in [7, 11) is 0. The quantitative estimate of drug-likeness (QED) is 0.662. The van der Waals surface area contributed by atoms with Crippen molar-refractivity contribution in [2.24, 2.45) is 0 Å². The van der Waals surface area contributed by atoms with Gasteiger partial charge in [0.2, 0.25) is 0 Å². The number of pyridine rings is 1. The topological polar surface area (TPSA) is 79.4 Å². The number of nitrogens with one attached hydrogen (secondary N) is 1. The van der Waals surface area contributed by atoms with Crippen LogP contribution in [0.15, 0.2) is 24.3 Å². The van der Waals surface area contributed by atoms with Crippen molar-refractivity contribution in [3.05, 3.63) is 41.0 Å². The number of nitrogens with zero attached hydrogens (tertiary/aromatic N) is 4. The maximum atomic E-state index is 12.4. The Morgan fingerprint density at radius 3 is 2.81 bits per heavy atom. The Balaban J connectivity index is 1.92. The van der Waals surface area contributed by atoms with Gasteiger partial charge in [0.25, 0.3) is 0 Å². The van der Waals surface area contributed by atoms with Gasteiger partial charge in [-0.15, -0.1) is 0 Å². The Morgan fingerprint density at radius 2 is 2.00 bits per heavy atom. The van der Waals surface area contributed by atoms with Gasteiger partial charge in [-0.2, -0.15) is 5.26 Å². The number of hydrogen-bond acceptors (Lipinski definition) is 5. The largest absolute Gasteiger partial charge is 0.616 e. The first-order valence-electron chi connectivity index (χ1n) is 8.93. The molecule has 1 saturated heterocycles. The summed E-state index contributed by atoms with van der Waals surface area (Å²) in [5.74, 6) is 2.22. The van der Waals surface area contributed by atoms with Gasteiger partial charge in [0.1, 0.15) is 23.4 Å². The summed E-state index contributed by atoms with van der Waals surface area (Å²) in [6.45, 7) is 3.64. The van der Waals surface area contributed by atoms with E-state index in [4.69, 9.17) is 4.98 Å². The zero-order chi connectivity index (χ0) is 17.7. The summed E-state index contributed by atoms with van der Waals surface area (Å²) in [5.41, 5.74) is 5.39. The third-order valence-corrected chi connectivity index (χ3v) is 6.62. The fourth-order valence-corrected chi connectivity index (χ4v) is 5.37. The van der Waals surface area contributed by atoms with Crippen molar-refractivity contribution in [3.8, 4) is 6.07 Å². The summed E-state index contributed by atoms with van der Waals surface area (Å²) >= 11 is -0.876. The van der Waals surface area contributed by atoms with Gasteiger partial charge in [-0.1, -0.05) is 12.1 Å². The molecule has 0 bridgehead atoms. The maximum absolute atomic E-state index is 12.4. The maximum Gasteiger partial charge on any atom is 0.157 e. The first-order valence-corrected chi connectivity index (χ1v) is 10.4. The lowest BCUT2D eigenvalue weighted by atomic mass is 10.0. The molecule has 0 spiro atoms. The molecule has 1 aromatic carbocycles. The van der Waals surface area contributed by atoms with Crippen LogP contribution in [-0.4, -0.2) is 45.9 Å². The number of para-hydroxylation sites is 2. The molecule has 2 aliphatic rings. The Kier molecular flexibility index (Phi) is 3.78. The normalized spacial score (nSPS) is 20.3. The molecule has 1 N–H and O–H groups in total. The van der Waals surface area contributed by atoms with Crippen LogP contribution in [0.2, 0.25) is 0 Å². The smallest absolute Gasteiger partial charge is 0.157 e. The highest BCUT2D eigenvalue weighted by atomic mass is 32.2. The summed E-state index contributed by atoms with van der Waals surface area (Å²) in [4.78, 5) is 7.15. The summed E-state index contributed by atoms with van der Waals surface area (Å²) in [5, 5.41) is 13.3. The number of piperazine rings is 1. The van der Waals surface area contributed by atoms with Gasteiger partial charge >= 0.3 is 0 Å². The van der Waals surface area contributed by atoms with E-state index in [0.717, 1.165) is 59.8 Å².